The highest BCUT2D eigenvalue weighted by atomic mass is 32.2. The Labute approximate surface area is 306 Å². The summed E-state index contributed by atoms with van der Waals surface area (Å²) in [6, 6.07) is 31.7. The number of carboxylic acids is 1. The zero-order chi connectivity index (χ0) is 38.4. The van der Waals surface area contributed by atoms with Crippen LogP contribution in [-0.2, 0) is 32.6 Å². The number of carbonyl (C=O) groups is 3. The molecular formula is C39H41F3N4O6S. The fourth-order valence-corrected chi connectivity index (χ4v) is 6.08. The maximum absolute atomic E-state index is 13.5. The Kier molecular flexibility index (Phi) is 14.5. The summed E-state index contributed by atoms with van der Waals surface area (Å²) in [5, 5.41) is 15.4. The molecule has 2 amide bonds. The Morgan fingerprint density at radius 1 is 0.849 bits per heavy atom. The number of carboxylic acid groups (broad SMARTS) is 1. The van der Waals surface area contributed by atoms with Gasteiger partial charge in [-0.25, -0.2) is 18.4 Å². The molecule has 1 heterocycles. The first-order valence-electron chi connectivity index (χ1n) is 16.8. The van der Waals surface area contributed by atoms with Gasteiger partial charge in [-0.15, -0.1) is 0 Å². The Morgan fingerprint density at radius 3 is 2.09 bits per heavy atom. The molecule has 0 aliphatic carbocycles. The van der Waals surface area contributed by atoms with E-state index in [2.05, 4.69) is 10.2 Å². The van der Waals surface area contributed by atoms with Gasteiger partial charge in [0.15, 0.2) is 0 Å². The van der Waals surface area contributed by atoms with Crippen molar-refractivity contribution in [3.05, 3.63) is 131 Å². The van der Waals surface area contributed by atoms with Gasteiger partial charge in [-0.3, -0.25) is 9.59 Å². The van der Waals surface area contributed by atoms with Crippen molar-refractivity contribution in [2.75, 3.05) is 32.7 Å². The zero-order valence-corrected chi connectivity index (χ0v) is 29.7. The topological polar surface area (TPSA) is 150 Å². The van der Waals surface area contributed by atoms with Crippen LogP contribution >= 0.6 is 0 Å². The molecule has 0 atom stereocenters. The average molecular weight is 751 g/mol. The summed E-state index contributed by atoms with van der Waals surface area (Å²) in [4.78, 5) is 39.5. The number of hydrogen-bond acceptors (Lipinski definition) is 6. The number of hydrogen-bond donors (Lipinski definition) is 3. The van der Waals surface area contributed by atoms with Crippen LogP contribution in [0.2, 0.25) is 0 Å². The summed E-state index contributed by atoms with van der Waals surface area (Å²) in [5.74, 6) is -2.98. The molecule has 280 valence electrons. The first-order chi connectivity index (χ1) is 25.2. The van der Waals surface area contributed by atoms with E-state index >= 15 is 0 Å². The number of nitrogens with zero attached hydrogens (tertiary/aromatic N) is 2. The van der Waals surface area contributed by atoms with Crippen molar-refractivity contribution in [1.82, 2.24) is 15.1 Å². The monoisotopic (exact) mass is 750 g/mol. The van der Waals surface area contributed by atoms with Crippen molar-refractivity contribution in [3.63, 3.8) is 0 Å². The van der Waals surface area contributed by atoms with Gasteiger partial charge in [0.25, 0.3) is 5.91 Å². The van der Waals surface area contributed by atoms with Crippen molar-refractivity contribution in [2.45, 2.75) is 36.9 Å². The van der Waals surface area contributed by atoms with Crippen LogP contribution in [0.5, 0.6) is 0 Å². The number of nitrogens with two attached hydrogens (primary N) is 1. The predicted octanol–water partition coefficient (Wildman–Crippen LogP) is 5.74. The zero-order valence-electron chi connectivity index (χ0n) is 28.8. The van der Waals surface area contributed by atoms with Gasteiger partial charge in [0, 0.05) is 37.8 Å². The maximum Gasteiger partial charge on any atom is 0.490 e. The molecule has 0 spiro atoms. The second-order valence-corrected chi connectivity index (χ2v) is 13.9. The van der Waals surface area contributed by atoms with E-state index in [-0.39, 0.29) is 16.7 Å². The van der Waals surface area contributed by atoms with Crippen molar-refractivity contribution in [1.29, 1.82) is 0 Å². The molecule has 1 aliphatic rings. The number of rotatable bonds is 13. The lowest BCUT2D eigenvalue weighted by molar-refractivity contribution is -0.192. The van der Waals surface area contributed by atoms with Gasteiger partial charge < -0.3 is 20.2 Å². The van der Waals surface area contributed by atoms with E-state index in [0.717, 1.165) is 47.5 Å². The molecule has 1 saturated heterocycles. The van der Waals surface area contributed by atoms with Gasteiger partial charge in [-0.1, -0.05) is 72.8 Å². The third-order valence-corrected chi connectivity index (χ3v) is 9.29. The van der Waals surface area contributed by atoms with Crippen LogP contribution in [0.1, 0.15) is 39.9 Å². The predicted molar refractivity (Wildman–Crippen MR) is 196 cm³/mol. The van der Waals surface area contributed by atoms with E-state index in [0.29, 0.717) is 31.6 Å². The molecule has 53 heavy (non-hydrogen) atoms. The molecule has 0 bridgehead atoms. The fraction of sp³-hybridized carbons (Fsp3) is 0.256. The molecule has 0 saturated carbocycles. The average Bonchev–Trinajstić information content (AvgIpc) is 3.66. The minimum Gasteiger partial charge on any atom is -0.475 e. The summed E-state index contributed by atoms with van der Waals surface area (Å²) in [6.07, 6.45) is 1.28. The molecular weight excluding hydrogens is 710 g/mol. The summed E-state index contributed by atoms with van der Waals surface area (Å²) in [5.41, 5.74) is 5.25. The van der Waals surface area contributed by atoms with Crippen LogP contribution in [0.4, 0.5) is 13.2 Å². The van der Waals surface area contributed by atoms with E-state index in [1.807, 2.05) is 78.9 Å². The number of nitrogens with one attached hydrogen (secondary N) is 1. The standard InChI is InChI=1S/C37H40N4O4S.C2HF3O2/c38-46(44,45)35-17-14-30(15-18-35)20-24-41(36(42)19-16-29-8-2-1-3-9-29)28-31-10-6-11-32(26-31)33-12-7-13-34(27-33)37(43)39-21-25-40-22-4-5-23-40;3-2(4,5)1(6)7/h1-3,6-19,26-27H,4-5,20-25,28H2,(H,39,43)(H2,38,44,45);(H,6,7)/b19-16+;. The van der Waals surface area contributed by atoms with E-state index in [4.69, 9.17) is 15.0 Å². The summed E-state index contributed by atoms with van der Waals surface area (Å²) >= 11 is 0. The fourth-order valence-electron chi connectivity index (χ4n) is 5.56. The third kappa shape index (κ3) is 13.3. The van der Waals surface area contributed by atoms with Gasteiger partial charge in [0.2, 0.25) is 15.9 Å². The Balaban J connectivity index is 0.000000815. The smallest absolute Gasteiger partial charge is 0.475 e. The Bertz CT molecular complexity index is 1980. The number of likely N-dealkylation sites (tertiary alicyclic amines) is 1. The second-order valence-electron chi connectivity index (χ2n) is 12.3. The number of halogens is 3. The van der Waals surface area contributed by atoms with E-state index in [1.165, 1.54) is 25.0 Å². The molecule has 1 fully saturated rings. The third-order valence-electron chi connectivity index (χ3n) is 8.37. The Morgan fingerprint density at radius 2 is 1.47 bits per heavy atom. The molecule has 4 N–H and O–H groups in total. The van der Waals surface area contributed by atoms with E-state index in [9.17, 15) is 31.2 Å². The van der Waals surface area contributed by atoms with Gasteiger partial charge in [-0.05, 0) is 96.6 Å². The normalized spacial score (nSPS) is 13.3. The largest absolute Gasteiger partial charge is 0.490 e. The molecule has 1 aliphatic heterocycles. The van der Waals surface area contributed by atoms with Crippen LogP contribution in [0, 0.1) is 0 Å². The number of carbonyl (C=O) groups excluding carboxylic acids is 2. The molecule has 0 radical (unpaired) electrons. The second kappa shape index (κ2) is 19.0. The highest BCUT2D eigenvalue weighted by Crippen LogP contribution is 2.23. The summed E-state index contributed by atoms with van der Waals surface area (Å²) < 4.78 is 55.0. The number of aliphatic carboxylic acids is 1. The molecule has 0 aromatic heterocycles. The molecule has 0 unspecified atom stereocenters. The van der Waals surface area contributed by atoms with Crippen molar-refractivity contribution < 1.29 is 41.1 Å². The van der Waals surface area contributed by atoms with Crippen molar-refractivity contribution in [3.8, 4) is 11.1 Å². The lowest BCUT2D eigenvalue weighted by atomic mass is 10.0. The minimum absolute atomic E-state index is 0.0513. The van der Waals surface area contributed by atoms with Crippen LogP contribution in [0.15, 0.2) is 114 Å². The summed E-state index contributed by atoms with van der Waals surface area (Å²) in [6.45, 7) is 4.48. The van der Waals surface area contributed by atoms with Crippen LogP contribution in [-0.4, -0.2) is 80.0 Å². The van der Waals surface area contributed by atoms with E-state index in [1.54, 1.807) is 29.2 Å². The lowest BCUT2D eigenvalue weighted by Gasteiger charge is -2.22. The van der Waals surface area contributed by atoms with Gasteiger partial charge in [0.1, 0.15) is 0 Å². The van der Waals surface area contributed by atoms with Crippen LogP contribution in [0.25, 0.3) is 17.2 Å². The van der Waals surface area contributed by atoms with Crippen molar-refractivity contribution >= 4 is 33.9 Å². The van der Waals surface area contributed by atoms with Gasteiger partial charge in [-0.2, -0.15) is 13.2 Å². The van der Waals surface area contributed by atoms with Gasteiger partial charge in [0.05, 0.1) is 4.90 Å². The minimum atomic E-state index is -5.08. The highest BCUT2D eigenvalue weighted by Gasteiger charge is 2.38. The highest BCUT2D eigenvalue weighted by molar-refractivity contribution is 7.89. The number of primary sulfonamides is 1. The Hall–Kier alpha value is -5.31. The molecule has 4 aromatic carbocycles. The summed E-state index contributed by atoms with van der Waals surface area (Å²) in [7, 11) is -3.78. The first-order valence-corrected chi connectivity index (χ1v) is 18.4. The lowest BCUT2D eigenvalue weighted by Crippen LogP contribution is -2.33. The number of amides is 2. The van der Waals surface area contributed by atoms with Crippen LogP contribution < -0.4 is 10.5 Å². The van der Waals surface area contributed by atoms with Crippen LogP contribution in [0.3, 0.4) is 0 Å². The number of benzene rings is 4. The molecule has 10 nitrogen and oxygen atoms in total. The first kappa shape index (κ1) is 40.5. The van der Waals surface area contributed by atoms with Gasteiger partial charge >= 0.3 is 12.1 Å². The van der Waals surface area contributed by atoms with Crippen molar-refractivity contribution in [2.24, 2.45) is 5.14 Å². The van der Waals surface area contributed by atoms with E-state index < -0.39 is 22.2 Å². The number of alkyl halides is 3. The molecule has 4 aromatic rings. The maximum atomic E-state index is 13.5. The number of sulfonamides is 1. The molecule has 5 rings (SSSR count). The molecule has 14 heteroatoms. The quantitative estimate of drug-likeness (QED) is 0.148. The SMILES string of the molecule is NS(=O)(=O)c1ccc(CCN(Cc2cccc(-c3cccc(C(=O)NCCN4CCCC4)c3)c2)C(=O)/C=C/c2ccccc2)cc1.O=C(O)C(F)(F)F.